The van der Waals surface area contributed by atoms with E-state index >= 15 is 0 Å². The summed E-state index contributed by atoms with van der Waals surface area (Å²) in [5.41, 5.74) is 5.98. The molecule has 0 aliphatic carbocycles. The molecule has 1 heterocycles. The molecule has 1 aromatic heterocycles. The fourth-order valence-electron chi connectivity index (χ4n) is 1.43. The topological polar surface area (TPSA) is 80.9 Å². The number of nitrogens with one attached hydrogen (secondary N) is 1. The Morgan fingerprint density at radius 2 is 2.12 bits per heavy atom. The van der Waals surface area contributed by atoms with Gasteiger partial charge in [0.25, 0.3) is 5.56 Å². The fourth-order valence-corrected chi connectivity index (χ4v) is 1.70. The molecule has 0 fully saturated rings. The summed E-state index contributed by atoms with van der Waals surface area (Å²) in [5, 5.41) is 0. The number of hydrogen-bond acceptors (Lipinski definition) is 3. The average Bonchev–Trinajstić information content (AvgIpc) is 2.29. The molecule has 0 saturated carbocycles. The van der Waals surface area contributed by atoms with Gasteiger partial charge in [-0.1, -0.05) is 6.07 Å². The molecule has 0 unspecified atom stereocenters. The number of carbonyl (C=O) groups excluding carboxylic acids is 1. The summed E-state index contributed by atoms with van der Waals surface area (Å²) in [5.74, 6) is -0.511. The summed E-state index contributed by atoms with van der Waals surface area (Å²) >= 11 is 5.02. The van der Waals surface area contributed by atoms with Gasteiger partial charge in [0.15, 0.2) is 4.77 Å². The Morgan fingerprint density at radius 3 is 2.76 bits per heavy atom. The third kappa shape index (κ3) is 2.31. The second-order valence-corrected chi connectivity index (χ2v) is 3.78. The molecule has 2 rings (SSSR count). The van der Waals surface area contributed by atoms with Crippen LogP contribution in [-0.4, -0.2) is 15.5 Å². The number of rotatable bonds is 2. The highest BCUT2D eigenvalue weighted by Crippen LogP contribution is 2.09. The molecule has 1 aromatic carbocycles. The Labute approximate surface area is 102 Å². The first-order valence-corrected chi connectivity index (χ1v) is 5.21. The minimum absolute atomic E-state index is 0.263. The van der Waals surface area contributed by atoms with Crippen molar-refractivity contribution in [3.63, 3.8) is 0 Å². The van der Waals surface area contributed by atoms with Gasteiger partial charge in [-0.2, -0.15) is 0 Å². The Bertz CT molecular complexity index is 687. The summed E-state index contributed by atoms with van der Waals surface area (Å²) in [4.78, 5) is 24.6. The number of hydrogen-bond donors (Lipinski definition) is 2. The van der Waals surface area contributed by atoms with Gasteiger partial charge in [0, 0.05) is 23.5 Å². The van der Waals surface area contributed by atoms with Crippen molar-refractivity contribution in [2.24, 2.45) is 5.73 Å². The van der Waals surface area contributed by atoms with Crippen molar-refractivity contribution >= 4 is 18.1 Å². The van der Waals surface area contributed by atoms with E-state index in [2.05, 4.69) is 4.98 Å². The molecule has 0 aliphatic rings. The molecule has 86 valence electrons. The zero-order valence-electron chi connectivity index (χ0n) is 8.71. The number of nitrogens with zero attached hydrogens (tertiary/aromatic N) is 1. The lowest BCUT2D eigenvalue weighted by atomic mass is 10.2. The molecule has 5 nitrogen and oxygen atoms in total. The number of aromatic amines is 1. The zero-order chi connectivity index (χ0) is 12.4. The Kier molecular flexibility index (Phi) is 2.88. The van der Waals surface area contributed by atoms with Gasteiger partial charge in [-0.3, -0.25) is 19.1 Å². The lowest BCUT2D eigenvalue weighted by Gasteiger charge is -2.06. The van der Waals surface area contributed by atoms with Gasteiger partial charge in [-0.25, -0.2) is 0 Å². The van der Waals surface area contributed by atoms with E-state index in [1.54, 1.807) is 35.0 Å². The van der Waals surface area contributed by atoms with Crippen molar-refractivity contribution in [2.75, 3.05) is 0 Å². The third-order valence-electron chi connectivity index (χ3n) is 2.23. The van der Waals surface area contributed by atoms with Crippen LogP contribution in [0, 0.1) is 4.77 Å². The lowest BCUT2D eigenvalue weighted by molar-refractivity contribution is 0.100. The van der Waals surface area contributed by atoms with E-state index in [0.29, 0.717) is 11.3 Å². The number of nitrogens with two attached hydrogens (primary N) is 1. The monoisotopic (exact) mass is 247 g/mol. The van der Waals surface area contributed by atoms with Gasteiger partial charge in [-0.05, 0) is 30.4 Å². The predicted octanol–water partition coefficient (Wildman–Crippen LogP) is 0.994. The van der Waals surface area contributed by atoms with Crippen LogP contribution in [0.15, 0.2) is 41.3 Å². The van der Waals surface area contributed by atoms with Crippen LogP contribution >= 0.6 is 12.2 Å². The molecule has 0 radical (unpaired) electrons. The van der Waals surface area contributed by atoms with E-state index in [1.165, 1.54) is 6.07 Å². The normalized spacial score (nSPS) is 10.1. The Hall–Kier alpha value is -2.21. The van der Waals surface area contributed by atoms with Gasteiger partial charge >= 0.3 is 0 Å². The lowest BCUT2D eigenvalue weighted by Crippen LogP contribution is -2.13. The van der Waals surface area contributed by atoms with Crippen molar-refractivity contribution in [3.05, 3.63) is 57.2 Å². The van der Waals surface area contributed by atoms with Gasteiger partial charge in [0.2, 0.25) is 5.91 Å². The molecule has 0 atom stereocenters. The minimum atomic E-state index is -0.511. The first-order valence-electron chi connectivity index (χ1n) is 4.80. The molecule has 1 amide bonds. The smallest absolute Gasteiger partial charge is 0.251 e. The van der Waals surface area contributed by atoms with Crippen LogP contribution < -0.4 is 11.3 Å². The molecule has 0 spiro atoms. The molecular weight excluding hydrogens is 238 g/mol. The van der Waals surface area contributed by atoms with Crippen molar-refractivity contribution in [1.29, 1.82) is 0 Å². The standard InChI is InChI=1S/C11H9N3O2S/c12-10(16)7-2-1-3-8(6-7)14-5-4-9(15)13-11(14)17/h1-6H,(H2,12,16)(H,13,15,17). The van der Waals surface area contributed by atoms with Crippen molar-refractivity contribution in [1.82, 2.24) is 9.55 Å². The molecule has 17 heavy (non-hydrogen) atoms. The van der Waals surface area contributed by atoms with Crippen LogP contribution in [0.2, 0.25) is 0 Å². The summed E-state index contributed by atoms with van der Waals surface area (Å²) in [7, 11) is 0. The molecule has 0 bridgehead atoms. The van der Waals surface area contributed by atoms with Crippen molar-refractivity contribution in [2.45, 2.75) is 0 Å². The van der Waals surface area contributed by atoms with Gasteiger partial charge in [0.1, 0.15) is 0 Å². The third-order valence-corrected chi connectivity index (χ3v) is 2.53. The number of aromatic nitrogens is 2. The second-order valence-electron chi connectivity index (χ2n) is 3.39. The van der Waals surface area contributed by atoms with E-state index in [0.717, 1.165) is 0 Å². The fraction of sp³-hybridized carbons (Fsp3) is 0. The highest BCUT2D eigenvalue weighted by atomic mass is 32.1. The van der Waals surface area contributed by atoms with E-state index in [1.807, 2.05) is 0 Å². The molecule has 2 aromatic rings. The largest absolute Gasteiger partial charge is 0.366 e. The van der Waals surface area contributed by atoms with Crippen LogP contribution in [-0.2, 0) is 0 Å². The zero-order valence-corrected chi connectivity index (χ0v) is 9.53. The van der Waals surface area contributed by atoms with Crippen LogP contribution in [0.4, 0.5) is 0 Å². The van der Waals surface area contributed by atoms with Crippen molar-refractivity contribution in [3.8, 4) is 5.69 Å². The average molecular weight is 247 g/mol. The second kappa shape index (κ2) is 4.34. The molecule has 0 aliphatic heterocycles. The van der Waals surface area contributed by atoms with E-state index < -0.39 is 5.91 Å². The molecular formula is C11H9N3O2S. The highest BCUT2D eigenvalue weighted by molar-refractivity contribution is 7.71. The number of primary amides is 1. The first-order chi connectivity index (χ1) is 8.08. The molecule has 0 saturated heterocycles. The van der Waals surface area contributed by atoms with Crippen LogP contribution in [0.3, 0.4) is 0 Å². The van der Waals surface area contributed by atoms with E-state index in [4.69, 9.17) is 18.0 Å². The number of H-pyrrole nitrogens is 1. The van der Waals surface area contributed by atoms with Gasteiger partial charge in [-0.15, -0.1) is 0 Å². The number of amides is 1. The number of carbonyl (C=O) groups is 1. The maximum atomic E-state index is 11.1. The minimum Gasteiger partial charge on any atom is -0.366 e. The molecule has 3 N–H and O–H groups in total. The summed E-state index contributed by atoms with van der Waals surface area (Å²) in [6.45, 7) is 0. The SMILES string of the molecule is NC(=O)c1cccc(-n2ccc(=O)[nH]c2=S)c1. The van der Waals surface area contributed by atoms with Crippen LogP contribution in [0.25, 0.3) is 5.69 Å². The van der Waals surface area contributed by atoms with Crippen LogP contribution in [0.5, 0.6) is 0 Å². The van der Waals surface area contributed by atoms with Crippen molar-refractivity contribution < 1.29 is 4.79 Å². The van der Waals surface area contributed by atoms with Gasteiger partial charge < -0.3 is 5.73 Å². The Morgan fingerprint density at radius 1 is 1.35 bits per heavy atom. The molecule has 6 heteroatoms. The summed E-state index contributed by atoms with van der Waals surface area (Å²) in [6, 6.07) is 8.03. The van der Waals surface area contributed by atoms with E-state index in [9.17, 15) is 9.59 Å². The maximum absolute atomic E-state index is 11.1. The summed E-state index contributed by atoms with van der Waals surface area (Å²) < 4.78 is 1.85. The van der Waals surface area contributed by atoms with Crippen LogP contribution in [0.1, 0.15) is 10.4 Å². The van der Waals surface area contributed by atoms with Gasteiger partial charge in [0.05, 0.1) is 0 Å². The predicted molar refractivity (Wildman–Crippen MR) is 65.7 cm³/mol. The van der Waals surface area contributed by atoms with E-state index in [-0.39, 0.29) is 10.3 Å². The number of benzene rings is 1. The highest BCUT2D eigenvalue weighted by Gasteiger charge is 2.03. The maximum Gasteiger partial charge on any atom is 0.251 e. The first kappa shape index (κ1) is 11.3. The summed E-state index contributed by atoms with van der Waals surface area (Å²) in [6.07, 6.45) is 1.54. The Balaban J connectivity index is 2.61. The quantitative estimate of drug-likeness (QED) is 0.777.